The van der Waals surface area contributed by atoms with Gasteiger partial charge in [-0.3, -0.25) is 19.2 Å². The van der Waals surface area contributed by atoms with Crippen LogP contribution in [-0.2, 0) is 21.4 Å². The van der Waals surface area contributed by atoms with Crippen molar-refractivity contribution in [2.24, 2.45) is 0 Å². The van der Waals surface area contributed by atoms with Crippen LogP contribution in [0.2, 0.25) is 5.02 Å². The van der Waals surface area contributed by atoms with Crippen LogP contribution in [0.3, 0.4) is 0 Å². The predicted octanol–water partition coefficient (Wildman–Crippen LogP) is 3.34. The number of carbonyl (C=O) groups excluding carboxylic acids is 2. The van der Waals surface area contributed by atoms with Crippen LogP contribution in [-0.4, -0.2) is 37.3 Å². The summed E-state index contributed by atoms with van der Waals surface area (Å²) in [4.78, 5) is 24.4. The number of hydrogen-bond donors (Lipinski definition) is 1. The van der Waals surface area contributed by atoms with Crippen LogP contribution in [0.1, 0.15) is 5.56 Å². The van der Waals surface area contributed by atoms with Gasteiger partial charge in [0, 0.05) is 5.69 Å². The number of imide groups is 1. The molecule has 1 saturated heterocycles. The fraction of sp³-hybridized carbons (Fsp3) is 0.176. The van der Waals surface area contributed by atoms with E-state index in [1.807, 2.05) is 0 Å². The molecule has 142 valence electrons. The Bertz CT molecular complexity index is 977. The summed E-state index contributed by atoms with van der Waals surface area (Å²) in [5.41, 5.74) is 1.06. The van der Waals surface area contributed by atoms with E-state index in [2.05, 4.69) is 4.72 Å². The zero-order valence-corrected chi connectivity index (χ0v) is 16.5. The molecular formula is C17H15ClN2O5S2. The van der Waals surface area contributed by atoms with E-state index in [1.165, 1.54) is 30.2 Å². The van der Waals surface area contributed by atoms with Crippen molar-refractivity contribution < 1.29 is 22.7 Å². The molecule has 3 rings (SSSR count). The van der Waals surface area contributed by atoms with E-state index in [4.69, 9.17) is 16.3 Å². The van der Waals surface area contributed by atoms with Gasteiger partial charge in [-0.2, -0.15) is 0 Å². The molecule has 7 nitrogen and oxygen atoms in total. The van der Waals surface area contributed by atoms with Crippen molar-refractivity contribution in [1.29, 1.82) is 0 Å². The summed E-state index contributed by atoms with van der Waals surface area (Å²) in [6.45, 7) is 0.159. The van der Waals surface area contributed by atoms with E-state index in [1.54, 1.807) is 24.3 Å². The largest absolute Gasteiger partial charge is 0.495 e. The Balaban J connectivity index is 1.73. The Kier molecular flexibility index (Phi) is 5.64. The Morgan fingerprint density at radius 1 is 1.19 bits per heavy atom. The minimum atomic E-state index is -3.83. The number of amides is 2. The second kappa shape index (κ2) is 7.79. The van der Waals surface area contributed by atoms with Gasteiger partial charge in [-0.25, -0.2) is 8.42 Å². The maximum Gasteiger partial charge on any atom is 0.289 e. The lowest BCUT2D eigenvalue weighted by Crippen LogP contribution is -2.27. The van der Waals surface area contributed by atoms with Crippen LogP contribution < -0.4 is 9.46 Å². The number of anilines is 1. The molecule has 0 spiro atoms. The van der Waals surface area contributed by atoms with Crippen LogP contribution in [0, 0.1) is 0 Å². The molecule has 2 aromatic carbocycles. The van der Waals surface area contributed by atoms with Gasteiger partial charge in [-0.15, -0.1) is 0 Å². The molecule has 1 fully saturated rings. The SMILES string of the molecule is COc1ccc(S(=O)(=O)Nc2ccc(CN3C(=O)CSC3=O)cc2)cc1Cl. The minimum absolute atomic E-state index is 0.00246. The lowest BCUT2D eigenvalue weighted by molar-refractivity contribution is -0.125. The third-order valence-corrected chi connectivity index (χ3v) is 6.35. The average molecular weight is 427 g/mol. The first-order chi connectivity index (χ1) is 12.8. The normalized spacial score (nSPS) is 14.5. The number of benzene rings is 2. The van der Waals surface area contributed by atoms with Crippen molar-refractivity contribution in [3.05, 3.63) is 53.1 Å². The number of ether oxygens (including phenoxy) is 1. The molecule has 0 aromatic heterocycles. The van der Waals surface area contributed by atoms with Crippen molar-refractivity contribution >= 4 is 50.2 Å². The molecule has 2 amide bonds. The summed E-state index contributed by atoms with van der Waals surface area (Å²) in [7, 11) is -2.38. The monoisotopic (exact) mass is 426 g/mol. The zero-order chi connectivity index (χ0) is 19.6. The standard InChI is InChI=1S/C17H15ClN2O5S2/c1-25-15-7-6-13(8-14(15)18)27(23,24)19-12-4-2-11(3-5-12)9-20-16(21)10-26-17(20)22/h2-8,19H,9-10H2,1H3. The number of rotatable bonds is 6. The zero-order valence-electron chi connectivity index (χ0n) is 14.1. The molecule has 0 atom stereocenters. The summed E-state index contributed by atoms with van der Waals surface area (Å²) < 4.78 is 32.5. The molecule has 1 aliphatic rings. The Labute approximate surface area is 165 Å². The molecule has 1 N–H and O–H groups in total. The van der Waals surface area contributed by atoms with E-state index < -0.39 is 10.0 Å². The van der Waals surface area contributed by atoms with E-state index in [0.29, 0.717) is 11.4 Å². The average Bonchev–Trinajstić information content (AvgIpc) is 2.95. The third kappa shape index (κ3) is 4.37. The first-order valence-corrected chi connectivity index (χ1v) is 10.6. The van der Waals surface area contributed by atoms with Gasteiger partial charge in [0.05, 0.1) is 29.3 Å². The number of halogens is 1. The van der Waals surface area contributed by atoms with Gasteiger partial charge in [0.25, 0.3) is 15.3 Å². The highest BCUT2D eigenvalue weighted by atomic mass is 35.5. The van der Waals surface area contributed by atoms with Crippen molar-refractivity contribution in [3.63, 3.8) is 0 Å². The molecule has 0 radical (unpaired) electrons. The van der Waals surface area contributed by atoms with Crippen molar-refractivity contribution in [2.75, 3.05) is 17.6 Å². The van der Waals surface area contributed by atoms with Gasteiger partial charge in [0.1, 0.15) is 5.75 Å². The molecule has 2 aromatic rings. The number of methoxy groups -OCH3 is 1. The summed E-state index contributed by atoms with van der Waals surface area (Å²) in [6, 6.07) is 10.6. The lowest BCUT2D eigenvalue weighted by atomic mass is 10.2. The highest BCUT2D eigenvalue weighted by molar-refractivity contribution is 8.14. The molecule has 10 heteroatoms. The molecule has 1 heterocycles. The van der Waals surface area contributed by atoms with Gasteiger partial charge in [-0.1, -0.05) is 35.5 Å². The molecule has 0 aliphatic carbocycles. The van der Waals surface area contributed by atoms with Gasteiger partial charge in [-0.05, 0) is 35.9 Å². The highest BCUT2D eigenvalue weighted by Crippen LogP contribution is 2.28. The topological polar surface area (TPSA) is 92.8 Å². The smallest absolute Gasteiger partial charge is 0.289 e. The molecule has 0 saturated carbocycles. The first-order valence-electron chi connectivity index (χ1n) is 7.72. The molecule has 1 aliphatic heterocycles. The molecule has 0 bridgehead atoms. The van der Waals surface area contributed by atoms with E-state index in [9.17, 15) is 18.0 Å². The number of carbonyl (C=O) groups is 2. The van der Waals surface area contributed by atoms with Crippen LogP contribution >= 0.6 is 23.4 Å². The molecular weight excluding hydrogens is 412 g/mol. The summed E-state index contributed by atoms with van der Waals surface area (Å²) in [5, 5.41) is -0.0882. The van der Waals surface area contributed by atoms with Crippen molar-refractivity contribution in [3.8, 4) is 5.75 Å². The number of nitrogens with zero attached hydrogens (tertiary/aromatic N) is 1. The Hall–Kier alpha value is -2.23. The quantitative estimate of drug-likeness (QED) is 0.761. The summed E-state index contributed by atoms with van der Waals surface area (Å²) in [6.07, 6.45) is 0. The van der Waals surface area contributed by atoms with Crippen molar-refractivity contribution in [1.82, 2.24) is 4.90 Å². The van der Waals surface area contributed by atoms with Crippen molar-refractivity contribution in [2.45, 2.75) is 11.4 Å². The van der Waals surface area contributed by atoms with E-state index in [-0.39, 0.29) is 33.4 Å². The minimum Gasteiger partial charge on any atom is -0.495 e. The van der Waals surface area contributed by atoms with Gasteiger partial charge >= 0.3 is 0 Å². The van der Waals surface area contributed by atoms with Gasteiger partial charge in [0.15, 0.2) is 0 Å². The van der Waals surface area contributed by atoms with Crippen LogP contribution in [0.4, 0.5) is 10.5 Å². The number of nitrogens with one attached hydrogen (secondary N) is 1. The fourth-order valence-corrected chi connectivity index (χ4v) is 4.55. The highest BCUT2D eigenvalue weighted by Gasteiger charge is 2.29. The number of sulfonamides is 1. The predicted molar refractivity (Wildman–Crippen MR) is 104 cm³/mol. The molecule has 27 heavy (non-hydrogen) atoms. The number of hydrogen-bond acceptors (Lipinski definition) is 6. The Morgan fingerprint density at radius 2 is 1.89 bits per heavy atom. The summed E-state index contributed by atoms with van der Waals surface area (Å²) in [5.74, 6) is 0.302. The molecule has 0 unspecified atom stereocenters. The van der Waals surface area contributed by atoms with E-state index >= 15 is 0 Å². The second-order valence-electron chi connectivity index (χ2n) is 5.63. The maximum atomic E-state index is 12.5. The third-order valence-electron chi connectivity index (χ3n) is 3.82. The van der Waals surface area contributed by atoms with E-state index in [0.717, 1.165) is 17.3 Å². The lowest BCUT2D eigenvalue weighted by Gasteiger charge is -2.14. The Morgan fingerprint density at radius 3 is 2.44 bits per heavy atom. The van der Waals surface area contributed by atoms with Gasteiger partial charge in [0.2, 0.25) is 5.91 Å². The number of thioether (sulfide) groups is 1. The van der Waals surface area contributed by atoms with Crippen LogP contribution in [0.25, 0.3) is 0 Å². The fourth-order valence-electron chi connectivity index (χ4n) is 2.42. The first kappa shape index (κ1) is 19.5. The van der Waals surface area contributed by atoms with Crippen LogP contribution in [0.5, 0.6) is 5.75 Å². The second-order valence-corrected chi connectivity index (χ2v) is 8.65. The summed E-state index contributed by atoms with van der Waals surface area (Å²) >= 11 is 6.96. The van der Waals surface area contributed by atoms with Crippen LogP contribution in [0.15, 0.2) is 47.4 Å². The van der Waals surface area contributed by atoms with Gasteiger partial charge < -0.3 is 4.74 Å². The maximum absolute atomic E-state index is 12.5.